The highest BCUT2D eigenvalue weighted by Gasteiger charge is 2.52. The molecule has 6 rings (SSSR count). The summed E-state index contributed by atoms with van der Waals surface area (Å²) in [6, 6.07) is 7.92. The number of carbonyl (C=O) groups is 3. The molecular weight excluding hydrogens is 404 g/mol. The summed E-state index contributed by atoms with van der Waals surface area (Å²) in [4.78, 5) is 43.2. The van der Waals surface area contributed by atoms with Crippen LogP contribution in [0, 0.1) is 47.3 Å². The molecule has 32 heavy (non-hydrogen) atoms. The molecule has 8 atom stereocenters. The lowest BCUT2D eigenvalue weighted by Gasteiger charge is -2.37. The minimum Gasteiger partial charge on any atom is -0.352 e. The molecule has 4 aliphatic carbocycles. The number of carbonyl (C=O) groups excluding carboxylic acids is 3. The highest BCUT2D eigenvalue weighted by atomic mass is 16.7. The van der Waals surface area contributed by atoms with Crippen LogP contribution in [0.2, 0.25) is 0 Å². The maximum atomic E-state index is 13.0. The second kappa shape index (κ2) is 7.69. The first-order chi connectivity index (χ1) is 15.6. The van der Waals surface area contributed by atoms with Crippen LogP contribution in [-0.4, -0.2) is 29.8 Å². The number of hydrogen-bond donors (Lipinski definition) is 1. The van der Waals surface area contributed by atoms with Crippen LogP contribution in [0.1, 0.15) is 24.0 Å². The van der Waals surface area contributed by atoms with Gasteiger partial charge in [-0.25, -0.2) is 5.06 Å². The first-order valence-electron chi connectivity index (χ1n) is 11.7. The smallest absolute Gasteiger partial charge is 0.250 e. The minimum absolute atomic E-state index is 0.0470. The van der Waals surface area contributed by atoms with E-state index >= 15 is 0 Å². The SMILES string of the molecule is O=CC1C2C=CC(C2)C1C(=O)NCc1cccc(CN2OCC3C4C=CC(C4)C3C2=O)c1. The van der Waals surface area contributed by atoms with Gasteiger partial charge in [-0.3, -0.25) is 14.4 Å². The van der Waals surface area contributed by atoms with Gasteiger partial charge >= 0.3 is 0 Å². The van der Waals surface area contributed by atoms with E-state index in [1.165, 1.54) is 5.06 Å². The van der Waals surface area contributed by atoms with Crippen molar-refractivity contribution in [3.8, 4) is 0 Å². The van der Waals surface area contributed by atoms with Crippen molar-refractivity contribution in [3.05, 3.63) is 59.7 Å². The van der Waals surface area contributed by atoms with Gasteiger partial charge in [0.15, 0.2) is 0 Å². The number of nitrogens with zero attached hydrogens (tertiary/aromatic N) is 1. The first-order valence-corrected chi connectivity index (χ1v) is 11.7. The summed E-state index contributed by atoms with van der Waals surface area (Å²) in [5.41, 5.74) is 1.96. The lowest BCUT2D eigenvalue weighted by molar-refractivity contribution is -0.221. The van der Waals surface area contributed by atoms with Crippen LogP contribution in [-0.2, 0) is 32.3 Å². The molecule has 6 nitrogen and oxygen atoms in total. The zero-order chi connectivity index (χ0) is 21.8. The van der Waals surface area contributed by atoms with Crippen LogP contribution in [0.25, 0.3) is 0 Å². The van der Waals surface area contributed by atoms with Gasteiger partial charge in [-0.1, -0.05) is 48.6 Å². The molecule has 4 bridgehead atoms. The largest absolute Gasteiger partial charge is 0.352 e. The summed E-state index contributed by atoms with van der Waals surface area (Å²) in [5, 5.41) is 4.56. The molecular formula is C26H28N2O4. The number of allylic oxidation sites excluding steroid dienone is 4. The molecule has 1 aromatic carbocycles. The fourth-order valence-electron chi connectivity index (χ4n) is 6.77. The van der Waals surface area contributed by atoms with Gasteiger partial charge in [0.2, 0.25) is 5.91 Å². The van der Waals surface area contributed by atoms with Gasteiger partial charge in [0.1, 0.15) is 6.29 Å². The lowest BCUT2D eigenvalue weighted by Crippen LogP contribution is -2.47. The molecule has 0 aromatic heterocycles. The van der Waals surface area contributed by atoms with Crippen molar-refractivity contribution in [1.29, 1.82) is 0 Å². The van der Waals surface area contributed by atoms with E-state index in [9.17, 15) is 14.4 Å². The Kier molecular flexibility index (Phi) is 4.79. The molecule has 1 saturated heterocycles. The second-order valence-corrected chi connectivity index (χ2v) is 10.0. The molecule has 6 heteroatoms. The molecule has 0 radical (unpaired) electrons. The topological polar surface area (TPSA) is 75.7 Å². The lowest BCUT2D eigenvalue weighted by atomic mass is 9.82. The Hall–Kier alpha value is -2.73. The van der Waals surface area contributed by atoms with E-state index in [0.717, 1.165) is 30.3 Å². The zero-order valence-corrected chi connectivity index (χ0v) is 17.9. The molecule has 5 aliphatic rings. The van der Waals surface area contributed by atoms with Gasteiger partial charge in [0, 0.05) is 18.4 Å². The van der Waals surface area contributed by atoms with E-state index in [0.29, 0.717) is 37.5 Å². The molecule has 0 spiro atoms. The Morgan fingerprint density at radius 2 is 1.81 bits per heavy atom. The molecule has 3 fully saturated rings. The minimum atomic E-state index is -0.256. The number of rotatable bonds is 6. The number of nitrogens with one attached hydrogen (secondary N) is 1. The van der Waals surface area contributed by atoms with Crippen LogP contribution < -0.4 is 5.32 Å². The van der Waals surface area contributed by atoms with Gasteiger partial charge in [-0.05, 0) is 47.6 Å². The highest BCUT2D eigenvalue weighted by Crippen LogP contribution is 2.50. The highest BCUT2D eigenvalue weighted by molar-refractivity contribution is 5.84. The van der Waals surface area contributed by atoms with Crippen LogP contribution in [0.3, 0.4) is 0 Å². The number of amides is 2. The molecule has 1 heterocycles. The summed E-state index contributed by atoms with van der Waals surface area (Å²) in [6.45, 7) is 1.42. The van der Waals surface area contributed by atoms with Crippen molar-refractivity contribution in [1.82, 2.24) is 10.4 Å². The van der Waals surface area contributed by atoms with E-state index in [1.807, 2.05) is 24.3 Å². The predicted molar refractivity (Wildman–Crippen MR) is 116 cm³/mol. The predicted octanol–water partition coefficient (Wildman–Crippen LogP) is 2.65. The van der Waals surface area contributed by atoms with Crippen molar-refractivity contribution in [2.45, 2.75) is 25.9 Å². The number of benzene rings is 1. The third-order valence-corrected chi connectivity index (χ3v) is 8.34. The first kappa shape index (κ1) is 19.9. The molecule has 166 valence electrons. The van der Waals surface area contributed by atoms with Gasteiger partial charge in [0.05, 0.1) is 25.0 Å². The van der Waals surface area contributed by atoms with Gasteiger partial charge in [-0.2, -0.15) is 0 Å². The van der Waals surface area contributed by atoms with Crippen molar-refractivity contribution < 1.29 is 19.2 Å². The Balaban J connectivity index is 1.08. The Morgan fingerprint density at radius 3 is 2.69 bits per heavy atom. The third kappa shape index (κ3) is 3.15. The van der Waals surface area contributed by atoms with Crippen molar-refractivity contribution in [3.63, 3.8) is 0 Å². The quantitative estimate of drug-likeness (QED) is 0.554. The van der Waals surface area contributed by atoms with Crippen molar-refractivity contribution in [2.75, 3.05) is 6.61 Å². The van der Waals surface area contributed by atoms with Gasteiger partial charge < -0.3 is 10.1 Å². The van der Waals surface area contributed by atoms with Crippen LogP contribution in [0.5, 0.6) is 0 Å². The maximum absolute atomic E-state index is 13.0. The van der Waals surface area contributed by atoms with Crippen LogP contribution in [0.4, 0.5) is 0 Å². The monoisotopic (exact) mass is 432 g/mol. The van der Waals surface area contributed by atoms with E-state index in [-0.39, 0.29) is 41.4 Å². The molecule has 1 aliphatic heterocycles. The number of hydrogen-bond acceptors (Lipinski definition) is 4. The summed E-state index contributed by atoms with van der Waals surface area (Å²) in [7, 11) is 0. The summed E-state index contributed by atoms with van der Waals surface area (Å²) >= 11 is 0. The maximum Gasteiger partial charge on any atom is 0.250 e. The van der Waals surface area contributed by atoms with Gasteiger partial charge in [0.25, 0.3) is 5.91 Å². The van der Waals surface area contributed by atoms with Crippen molar-refractivity contribution in [2.24, 2.45) is 47.3 Å². The third-order valence-electron chi connectivity index (χ3n) is 8.34. The molecule has 2 amide bonds. The standard InChI is InChI=1S/C26H28N2O4/c29-13-21-17-4-6-19(9-17)23(21)25(30)27-11-15-2-1-3-16(8-15)12-28-26(31)24-20-7-5-18(10-20)22(24)14-32-28/h1-8,13,17-24H,9-12,14H2,(H,27,30). The molecule has 8 unspecified atom stereocenters. The van der Waals surface area contributed by atoms with Crippen molar-refractivity contribution >= 4 is 18.1 Å². The number of hydroxylamine groups is 2. The van der Waals surface area contributed by atoms with E-state index < -0.39 is 0 Å². The summed E-state index contributed by atoms with van der Waals surface area (Å²) < 4.78 is 0. The van der Waals surface area contributed by atoms with Crippen LogP contribution >= 0.6 is 0 Å². The molecule has 1 N–H and O–H groups in total. The number of fused-ring (bicyclic) bond motifs is 7. The van der Waals surface area contributed by atoms with Crippen LogP contribution in [0.15, 0.2) is 48.6 Å². The average Bonchev–Trinajstić information content (AvgIpc) is 3.60. The molecule has 1 aromatic rings. The normalized spacial score (nSPS) is 38.4. The summed E-state index contributed by atoms with van der Waals surface area (Å²) in [6.07, 6.45) is 11.6. The fourth-order valence-corrected chi connectivity index (χ4v) is 6.77. The fraction of sp³-hybridized carbons (Fsp3) is 0.500. The van der Waals surface area contributed by atoms with E-state index in [1.54, 1.807) is 0 Å². The van der Waals surface area contributed by atoms with E-state index in [2.05, 4.69) is 29.6 Å². The second-order valence-electron chi connectivity index (χ2n) is 10.0. The zero-order valence-electron chi connectivity index (χ0n) is 17.9. The average molecular weight is 433 g/mol. The van der Waals surface area contributed by atoms with E-state index in [4.69, 9.17) is 4.84 Å². The molecule has 2 saturated carbocycles. The Bertz CT molecular complexity index is 1020. The number of aldehydes is 1. The Labute approximate surface area is 187 Å². The summed E-state index contributed by atoms with van der Waals surface area (Å²) in [5.74, 6) is 1.21. The Morgan fingerprint density at radius 1 is 1.06 bits per heavy atom. The van der Waals surface area contributed by atoms with Gasteiger partial charge in [-0.15, -0.1) is 0 Å².